The van der Waals surface area contributed by atoms with Crippen molar-refractivity contribution in [2.24, 2.45) is 0 Å². The van der Waals surface area contributed by atoms with Crippen molar-refractivity contribution in [2.45, 2.75) is 6.04 Å². The van der Waals surface area contributed by atoms with Crippen LogP contribution in [0.5, 0.6) is 0 Å². The molecule has 0 aromatic heterocycles. The highest BCUT2D eigenvalue weighted by Gasteiger charge is 2.35. The number of imide groups is 1. The molecule has 144 valence electrons. The van der Waals surface area contributed by atoms with E-state index in [1.54, 1.807) is 12.1 Å². The van der Waals surface area contributed by atoms with Gasteiger partial charge < -0.3 is 10.2 Å². The fourth-order valence-electron chi connectivity index (χ4n) is 3.31. The van der Waals surface area contributed by atoms with Crippen molar-refractivity contribution in [2.75, 3.05) is 27.2 Å². The Bertz CT molecular complexity index is 922. The van der Waals surface area contributed by atoms with Crippen molar-refractivity contribution in [3.05, 3.63) is 83.4 Å². The number of rotatable bonds is 7. The number of nitrogens with one attached hydrogen (secondary N) is 2. The highest BCUT2D eigenvalue weighted by atomic mass is 16.2. The number of amides is 3. The molecule has 2 aromatic carbocycles. The smallest absolute Gasteiger partial charge is 0.261 e. The minimum Gasteiger partial charge on any atom is -0.340 e. The van der Waals surface area contributed by atoms with Crippen LogP contribution in [0.1, 0.15) is 42.7 Å². The SMILES string of the molecule is C=CCN1C(=O)c2ccc(C(=O)N[C@H](C[NH+](C)C)c3ccccc3)cc2C1=O. The average Bonchev–Trinajstić information content (AvgIpc) is 2.92. The van der Waals surface area contributed by atoms with Crippen molar-refractivity contribution in [1.82, 2.24) is 10.2 Å². The van der Waals surface area contributed by atoms with Crippen molar-refractivity contribution >= 4 is 17.7 Å². The zero-order chi connectivity index (χ0) is 20.3. The molecule has 1 atom stereocenters. The highest BCUT2D eigenvalue weighted by Crippen LogP contribution is 2.24. The number of hydrogen-bond acceptors (Lipinski definition) is 3. The van der Waals surface area contributed by atoms with Crippen molar-refractivity contribution < 1.29 is 19.3 Å². The van der Waals surface area contributed by atoms with Gasteiger partial charge in [-0.3, -0.25) is 19.3 Å². The van der Waals surface area contributed by atoms with Crippen LogP contribution in [0, 0.1) is 0 Å². The summed E-state index contributed by atoms with van der Waals surface area (Å²) >= 11 is 0. The molecular formula is C22H24N3O3+. The molecule has 1 heterocycles. The van der Waals surface area contributed by atoms with Crippen molar-refractivity contribution in [3.8, 4) is 0 Å². The van der Waals surface area contributed by atoms with E-state index < -0.39 is 5.91 Å². The van der Waals surface area contributed by atoms with Crippen LogP contribution >= 0.6 is 0 Å². The molecule has 6 nitrogen and oxygen atoms in total. The molecule has 0 spiro atoms. The normalized spacial score (nSPS) is 14.2. The van der Waals surface area contributed by atoms with E-state index in [0.717, 1.165) is 10.5 Å². The van der Waals surface area contributed by atoms with E-state index in [2.05, 4.69) is 11.9 Å². The van der Waals surface area contributed by atoms with Gasteiger partial charge in [0, 0.05) is 12.1 Å². The Morgan fingerprint density at radius 3 is 2.43 bits per heavy atom. The molecule has 3 amide bonds. The van der Waals surface area contributed by atoms with Crippen LogP contribution in [0.3, 0.4) is 0 Å². The van der Waals surface area contributed by atoms with E-state index in [-0.39, 0.29) is 30.0 Å². The second-order valence-electron chi connectivity index (χ2n) is 7.12. The molecule has 0 unspecified atom stereocenters. The lowest BCUT2D eigenvalue weighted by molar-refractivity contribution is -0.860. The maximum absolute atomic E-state index is 12.9. The second kappa shape index (κ2) is 8.19. The fraction of sp³-hybridized carbons (Fsp3) is 0.227. The molecule has 1 aliphatic heterocycles. The zero-order valence-electron chi connectivity index (χ0n) is 16.1. The van der Waals surface area contributed by atoms with Gasteiger partial charge in [0.15, 0.2) is 0 Å². The minimum atomic E-state index is -0.396. The minimum absolute atomic E-state index is 0.148. The van der Waals surface area contributed by atoms with Gasteiger partial charge in [-0.1, -0.05) is 36.4 Å². The van der Waals surface area contributed by atoms with Gasteiger partial charge in [0.25, 0.3) is 17.7 Å². The summed E-state index contributed by atoms with van der Waals surface area (Å²) in [5.74, 6) is -1.03. The molecule has 6 heteroatoms. The third kappa shape index (κ3) is 3.87. The predicted molar refractivity (Wildman–Crippen MR) is 106 cm³/mol. The number of hydrogen-bond donors (Lipinski definition) is 2. The van der Waals surface area contributed by atoms with E-state index in [0.29, 0.717) is 17.7 Å². The molecule has 0 bridgehead atoms. The van der Waals surface area contributed by atoms with E-state index in [4.69, 9.17) is 0 Å². The van der Waals surface area contributed by atoms with E-state index in [9.17, 15) is 14.4 Å². The van der Waals surface area contributed by atoms with E-state index in [1.165, 1.54) is 17.0 Å². The number of quaternary nitrogens is 1. The quantitative estimate of drug-likeness (QED) is 0.560. The lowest BCUT2D eigenvalue weighted by atomic mass is 10.0. The van der Waals surface area contributed by atoms with Crippen LogP contribution < -0.4 is 10.2 Å². The molecule has 28 heavy (non-hydrogen) atoms. The summed E-state index contributed by atoms with van der Waals surface area (Å²) in [5, 5.41) is 3.05. The van der Waals surface area contributed by atoms with Crippen LogP contribution in [0.2, 0.25) is 0 Å². The molecule has 2 aromatic rings. The number of benzene rings is 2. The Morgan fingerprint density at radius 2 is 1.79 bits per heavy atom. The first-order chi connectivity index (χ1) is 13.4. The molecule has 3 rings (SSSR count). The molecule has 0 fully saturated rings. The topological polar surface area (TPSA) is 70.9 Å². The van der Waals surface area contributed by atoms with Gasteiger partial charge in [0.2, 0.25) is 0 Å². The van der Waals surface area contributed by atoms with Crippen LogP contribution in [0.4, 0.5) is 0 Å². The van der Waals surface area contributed by atoms with Gasteiger partial charge in [-0.15, -0.1) is 6.58 Å². The zero-order valence-corrected chi connectivity index (χ0v) is 16.1. The second-order valence-corrected chi connectivity index (χ2v) is 7.12. The average molecular weight is 378 g/mol. The lowest BCUT2D eigenvalue weighted by Gasteiger charge is -2.21. The molecular weight excluding hydrogens is 354 g/mol. The van der Waals surface area contributed by atoms with E-state index in [1.807, 2.05) is 44.4 Å². The summed E-state index contributed by atoms with van der Waals surface area (Å²) in [6.45, 7) is 4.44. The first-order valence-electron chi connectivity index (χ1n) is 9.18. The van der Waals surface area contributed by atoms with Crippen molar-refractivity contribution in [1.29, 1.82) is 0 Å². The summed E-state index contributed by atoms with van der Waals surface area (Å²) in [6.07, 6.45) is 1.50. The fourth-order valence-corrected chi connectivity index (χ4v) is 3.31. The number of fused-ring (bicyclic) bond motifs is 1. The first-order valence-corrected chi connectivity index (χ1v) is 9.18. The maximum atomic E-state index is 12.9. The largest absolute Gasteiger partial charge is 0.340 e. The number of carbonyl (C=O) groups excluding carboxylic acids is 3. The molecule has 0 saturated heterocycles. The van der Waals surface area contributed by atoms with Gasteiger partial charge >= 0.3 is 0 Å². The van der Waals surface area contributed by atoms with Crippen LogP contribution in [0.15, 0.2) is 61.2 Å². The van der Waals surface area contributed by atoms with Crippen LogP contribution in [0.25, 0.3) is 0 Å². The molecule has 2 N–H and O–H groups in total. The standard InChI is InChI=1S/C22H23N3O3/c1-4-12-25-21(27)17-11-10-16(13-18(17)22(25)28)20(26)23-19(14-24(2)3)15-8-6-5-7-9-15/h4-11,13,19H,1,12,14H2,2-3H3,(H,23,26)/p+1/t19-/m1/s1. The van der Waals surface area contributed by atoms with E-state index >= 15 is 0 Å². The Balaban J connectivity index is 1.84. The number of nitrogens with zero attached hydrogens (tertiary/aromatic N) is 1. The summed E-state index contributed by atoms with van der Waals surface area (Å²) in [4.78, 5) is 40.0. The molecule has 0 radical (unpaired) electrons. The Kier molecular flexibility index (Phi) is 5.70. The Hall–Kier alpha value is -3.25. The Morgan fingerprint density at radius 1 is 1.11 bits per heavy atom. The predicted octanol–water partition coefficient (Wildman–Crippen LogP) is 1.08. The third-order valence-corrected chi connectivity index (χ3v) is 4.66. The molecule has 0 saturated carbocycles. The van der Waals surface area contributed by atoms with Gasteiger partial charge in [-0.2, -0.15) is 0 Å². The highest BCUT2D eigenvalue weighted by molar-refractivity contribution is 6.22. The van der Waals surface area contributed by atoms with Gasteiger partial charge in [-0.05, 0) is 23.8 Å². The summed E-state index contributed by atoms with van der Waals surface area (Å²) in [7, 11) is 4.05. The van der Waals surface area contributed by atoms with Gasteiger partial charge in [-0.25, -0.2) is 0 Å². The summed E-state index contributed by atoms with van der Waals surface area (Å²) in [5.41, 5.74) is 1.95. The summed E-state index contributed by atoms with van der Waals surface area (Å²) < 4.78 is 0. The van der Waals surface area contributed by atoms with Crippen LogP contribution in [-0.4, -0.2) is 49.8 Å². The monoisotopic (exact) mass is 378 g/mol. The van der Waals surface area contributed by atoms with Gasteiger partial charge in [0.05, 0.1) is 25.2 Å². The number of likely N-dealkylation sites (N-methyl/N-ethyl adjacent to an activating group) is 1. The summed E-state index contributed by atoms with van der Waals surface area (Å²) in [6, 6.07) is 14.2. The third-order valence-electron chi connectivity index (χ3n) is 4.66. The first kappa shape index (κ1) is 19.5. The maximum Gasteiger partial charge on any atom is 0.261 e. The van der Waals surface area contributed by atoms with Crippen molar-refractivity contribution in [3.63, 3.8) is 0 Å². The molecule has 0 aliphatic carbocycles. The lowest BCUT2D eigenvalue weighted by Crippen LogP contribution is -3.06. The molecule has 1 aliphatic rings. The van der Waals surface area contributed by atoms with Gasteiger partial charge in [0.1, 0.15) is 12.6 Å². The Labute approximate surface area is 164 Å². The van der Waals surface area contributed by atoms with Crippen LogP contribution in [-0.2, 0) is 0 Å². The number of carbonyl (C=O) groups is 3.